The van der Waals surface area contributed by atoms with Gasteiger partial charge in [0.15, 0.2) is 0 Å². The number of hydrogen-bond donors (Lipinski definition) is 2. The third-order valence-electron chi connectivity index (χ3n) is 2.93. The summed E-state index contributed by atoms with van der Waals surface area (Å²) in [5.41, 5.74) is 1.97. The smallest absolute Gasteiger partial charge is 0.227 e. The number of amides is 1. The molecule has 1 aromatic heterocycles. The molecule has 0 saturated carbocycles. The Morgan fingerprint density at radius 2 is 2.17 bits per heavy atom. The van der Waals surface area contributed by atoms with E-state index in [1.807, 2.05) is 37.3 Å². The summed E-state index contributed by atoms with van der Waals surface area (Å²) in [5, 5.41) is 2.92. The van der Waals surface area contributed by atoms with Gasteiger partial charge in [0.2, 0.25) is 5.91 Å². The van der Waals surface area contributed by atoms with E-state index in [0.717, 1.165) is 17.7 Å². The van der Waals surface area contributed by atoms with Crippen LogP contribution in [0.25, 0.3) is 0 Å². The molecule has 0 fully saturated rings. The van der Waals surface area contributed by atoms with Crippen LogP contribution in [0, 0.1) is 0 Å². The van der Waals surface area contributed by atoms with Gasteiger partial charge in [-0.1, -0.05) is 37.3 Å². The topological polar surface area (TPSA) is 57.8 Å². The highest BCUT2D eigenvalue weighted by Gasteiger charge is 2.17. The summed E-state index contributed by atoms with van der Waals surface area (Å²) in [6.07, 6.45) is 4.11. The van der Waals surface area contributed by atoms with Crippen LogP contribution in [-0.4, -0.2) is 15.9 Å². The summed E-state index contributed by atoms with van der Waals surface area (Å²) in [7, 11) is 0. The number of rotatable bonds is 5. The van der Waals surface area contributed by atoms with Gasteiger partial charge < -0.3 is 10.3 Å². The first-order valence-corrected chi connectivity index (χ1v) is 6.11. The van der Waals surface area contributed by atoms with Crippen LogP contribution in [0.1, 0.15) is 30.5 Å². The third kappa shape index (κ3) is 2.97. The Hall–Kier alpha value is -2.10. The zero-order valence-corrected chi connectivity index (χ0v) is 10.4. The fraction of sp³-hybridized carbons (Fsp3) is 0.286. The van der Waals surface area contributed by atoms with Gasteiger partial charge in [0, 0.05) is 6.20 Å². The van der Waals surface area contributed by atoms with E-state index in [9.17, 15) is 4.79 Å². The van der Waals surface area contributed by atoms with E-state index in [1.54, 1.807) is 12.5 Å². The minimum absolute atomic E-state index is 0.0540. The number of H-pyrrole nitrogens is 1. The first-order chi connectivity index (χ1) is 8.81. The number of aromatic nitrogens is 2. The molecule has 1 amide bonds. The maximum Gasteiger partial charge on any atom is 0.227 e. The second kappa shape index (κ2) is 6.00. The Morgan fingerprint density at radius 1 is 1.39 bits per heavy atom. The number of aromatic amines is 1. The minimum Gasteiger partial charge on any atom is -0.350 e. The van der Waals surface area contributed by atoms with E-state index in [-0.39, 0.29) is 11.8 Å². The second-order valence-electron chi connectivity index (χ2n) is 4.17. The highest BCUT2D eigenvalue weighted by Crippen LogP contribution is 2.19. The lowest BCUT2D eigenvalue weighted by Gasteiger charge is -2.14. The molecule has 0 spiro atoms. The molecule has 1 unspecified atom stereocenters. The van der Waals surface area contributed by atoms with Gasteiger partial charge in [0.05, 0.1) is 24.5 Å². The summed E-state index contributed by atoms with van der Waals surface area (Å²) < 4.78 is 0. The average molecular weight is 243 g/mol. The molecule has 1 aromatic carbocycles. The lowest BCUT2D eigenvalue weighted by atomic mass is 9.96. The van der Waals surface area contributed by atoms with Gasteiger partial charge in [-0.2, -0.15) is 0 Å². The van der Waals surface area contributed by atoms with Crippen LogP contribution in [0.2, 0.25) is 0 Å². The number of hydrogen-bond acceptors (Lipinski definition) is 2. The van der Waals surface area contributed by atoms with E-state index in [0.29, 0.717) is 6.54 Å². The summed E-state index contributed by atoms with van der Waals surface area (Å²) in [5.74, 6) is -0.0348. The minimum atomic E-state index is -0.0888. The second-order valence-corrected chi connectivity index (χ2v) is 4.17. The van der Waals surface area contributed by atoms with Crippen molar-refractivity contribution in [1.82, 2.24) is 15.3 Å². The maximum absolute atomic E-state index is 12.1. The van der Waals surface area contributed by atoms with Gasteiger partial charge >= 0.3 is 0 Å². The van der Waals surface area contributed by atoms with Crippen LogP contribution in [0.3, 0.4) is 0 Å². The van der Waals surface area contributed by atoms with Gasteiger partial charge in [-0.15, -0.1) is 0 Å². The molecular formula is C14H17N3O. The normalized spacial score (nSPS) is 12.1. The molecule has 2 aromatic rings. The van der Waals surface area contributed by atoms with E-state index in [4.69, 9.17) is 0 Å². The third-order valence-corrected chi connectivity index (χ3v) is 2.93. The van der Waals surface area contributed by atoms with Gasteiger partial charge in [-0.25, -0.2) is 4.98 Å². The van der Waals surface area contributed by atoms with Gasteiger partial charge in [-0.3, -0.25) is 4.79 Å². The summed E-state index contributed by atoms with van der Waals surface area (Å²) >= 11 is 0. The van der Waals surface area contributed by atoms with Crippen molar-refractivity contribution in [3.63, 3.8) is 0 Å². The van der Waals surface area contributed by atoms with Gasteiger partial charge in [0.1, 0.15) is 0 Å². The van der Waals surface area contributed by atoms with Crippen LogP contribution >= 0.6 is 0 Å². The number of nitrogens with one attached hydrogen (secondary N) is 2. The predicted molar refractivity (Wildman–Crippen MR) is 69.9 cm³/mol. The van der Waals surface area contributed by atoms with Crippen LogP contribution in [0.15, 0.2) is 42.9 Å². The molecule has 2 N–H and O–H groups in total. The Morgan fingerprint density at radius 3 is 2.78 bits per heavy atom. The highest BCUT2D eigenvalue weighted by atomic mass is 16.1. The van der Waals surface area contributed by atoms with Crippen molar-refractivity contribution in [3.8, 4) is 0 Å². The molecule has 18 heavy (non-hydrogen) atoms. The summed E-state index contributed by atoms with van der Waals surface area (Å²) in [4.78, 5) is 19.0. The molecule has 0 bridgehead atoms. The molecular weight excluding hydrogens is 226 g/mol. The van der Waals surface area contributed by atoms with E-state index in [1.165, 1.54) is 0 Å². The first-order valence-electron chi connectivity index (χ1n) is 6.11. The van der Waals surface area contributed by atoms with Crippen LogP contribution < -0.4 is 5.32 Å². The average Bonchev–Trinajstić information content (AvgIpc) is 2.92. The van der Waals surface area contributed by atoms with Crippen molar-refractivity contribution in [2.24, 2.45) is 0 Å². The fourth-order valence-corrected chi connectivity index (χ4v) is 1.94. The Balaban J connectivity index is 1.98. The molecule has 94 valence electrons. The van der Waals surface area contributed by atoms with Crippen molar-refractivity contribution >= 4 is 5.91 Å². The van der Waals surface area contributed by atoms with Gasteiger partial charge in [-0.05, 0) is 12.0 Å². The van der Waals surface area contributed by atoms with Gasteiger partial charge in [0.25, 0.3) is 0 Å². The SMILES string of the molecule is CCC(C(=O)NCc1cnc[nH]1)c1ccccc1. The molecule has 0 radical (unpaired) electrons. The predicted octanol–water partition coefficient (Wildman–Crippen LogP) is 2.22. The number of carbonyl (C=O) groups is 1. The number of imidazole rings is 1. The van der Waals surface area contributed by atoms with E-state index >= 15 is 0 Å². The molecule has 0 aliphatic carbocycles. The lowest BCUT2D eigenvalue weighted by molar-refractivity contribution is -0.122. The van der Waals surface area contributed by atoms with E-state index in [2.05, 4.69) is 15.3 Å². The van der Waals surface area contributed by atoms with Crippen LogP contribution in [-0.2, 0) is 11.3 Å². The maximum atomic E-state index is 12.1. The molecule has 1 heterocycles. The molecule has 1 atom stereocenters. The van der Waals surface area contributed by atoms with Crippen molar-refractivity contribution in [2.45, 2.75) is 25.8 Å². The highest BCUT2D eigenvalue weighted by molar-refractivity contribution is 5.83. The fourth-order valence-electron chi connectivity index (χ4n) is 1.94. The van der Waals surface area contributed by atoms with Crippen LogP contribution in [0.5, 0.6) is 0 Å². The monoisotopic (exact) mass is 243 g/mol. The number of nitrogens with zero attached hydrogens (tertiary/aromatic N) is 1. The zero-order chi connectivity index (χ0) is 12.8. The molecule has 2 rings (SSSR count). The lowest BCUT2D eigenvalue weighted by Crippen LogP contribution is -2.28. The zero-order valence-electron chi connectivity index (χ0n) is 10.4. The summed E-state index contributed by atoms with van der Waals surface area (Å²) in [6.45, 7) is 2.51. The Bertz CT molecular complexity index is 479. The van der Waals surface area contributed by atoms with Crippen molar-refractivity contribution in [3.05, 3.63) is 54.1 Å². The van der Waals surface area contributed by atoms with Crippen molar-refractivity contribution < 1.29 is 4.79 Å². The van der Waals surface area contributed by atoms with Crippen molar-refractivity contribution in [1.29, 1.82) is 0 Å². The molecule has 4 nitrogen and oxygen atoms in total. The Kier molecular flexibility index (Phi) is 4.12. The number of benzene rings is 1. The largest absolute Gasteiger partial charge is 0.350 e. The number of carbonyl (C=O) groups excluding carboxylic acids is 1. The molecule has 0 saturated heterocycles. The summed E-state index contributed by atoms with van der Waals surface area (Å²) in [6, 6.07) is 9.85. The molecule has 0 aliphatic rings. The standard InChI is InChI=1S/C14H17N3O/c1-2-13(11-6-4-3-5-7-11)14(18)16-9-12-8-15-10-17-12/h3-8,10,13H,2,9H2,1H3,(H,15,17)(H,16,18). The molecule has 4 heteroatoms. The van der Waals surface area contributed by atoms with Crippen LogP contribution in [0.4, 0.5) is 0 Å². The molecule has 0 aliphatic heterocycles. The first kappa shape index (κ1) is 12.4. The quantitative estimate of drug-likeness (QED) is 0.846. The Labute approximate surface area is 106 Å². The van der Waals surface area contributed by atoms with E-state index < -0.39 is 0 Å². The van der Waals surface area contributed by atoms with Crippen molar-refractivity contribution in [2.75, 3.05) is 0 Å².